The van der Waals surface area contributed by atoms with E-state index < -0.39 is 0 Å². The van der Waals surface area contributed by atoms with Gasteiger partial charge in [-0.05, 0) is 71.1 Å². The summed E-state index contributed by atoms with van der Waals surface area (Å²) in [5, 5.41) is 0. The Bertz CT molecular complexity index is 608. The SMILES string of the molecule is Cc1ccc(C)c(OCc2ccc(F)c(Br)c2)c1C. The maximum Gasteiger partial charge on any atom is 0.137 e. The quantitative estimate of drug-likeness (QED) is 0.764. The Labute approximate surface area is 121 Å². The van der Waals surface area contributed by atoms with E-state index >= 15 is 0 Å². The lowest BCUT2D eigenvalue weighted by molar-refractivity contribution is 0.301. The van der Waals surface area contributed by atoms with Gasteiger partial charge in [0.15, 0.2) is 0 Å². The van der Waals surface area contributed by atoms with E-state index in [1.165, 1.54) is 11.6 Å². The van der Waals surface area contributed by atoms with Crippen LogP contribution < -0.4 is 4.74 Å². The highest BCUT2D eigenvalue weighted by molar-refractivity contribution is 9.10. The van der Waals surface area contributed by atoms with Crippen molar-refractivity contribution in [2.75, 3.05) is 0 Å². The van der Waals surface area contributed by atoms with Crippen LogP contribution in [0.1, 0.15) is 22.3 Å². The minimum atomic E-state index is -0.258. The molecule has 0 aliphatic rings. The van der Waals surface area contributed by atoms with Gasteiger partial charge in [-0.2, -0.15) is 0 Å². The van der Waals surface area contributed by atoms with Crippen LogP contribution in [0.15, 0.2) is 34.8 Å². The molecule has 100 valence electrons. The van der Waals surface area contributed by atoms with Gasteiger partial charge >= 0.3 is 0 Å². The summed E-state index contributed by atoms with van der Waals surface area (Å²) in [6.45, 7) is 6.58. The Kier molecular flexibility index (Phi) is 4.25. The van der Waals surface area contributed by atoms with Gasteiger partial charge in [-0.25, -0.2) is 4.39 Å². The lowest BCUT2D eigenvalue weighted by Gasteiger charge is -2.14. The molecule has 3 heteroatoms. The van der Waals surface area contributed by atoms with Crippen LogP contribution in [0.25, 0.3) is 0 Å². The molecule has 2 aromatic rings. The lowest BCUT2D eigenvalue weighted by Crippen LogP contribution is -2.00. The number of ether oxygens (including phenoxy) is 1. The highest BCUT2D eigenvalue weighted by Gasteiger charge is 2.07. The molecule has 2 aromatic carbocycles. The second-order valence-electron chi connectivity index (χ2n) is 4.69. The fraction of sp³-hybridized carbons (Fsp3) is 0.250. The molecule has 0 N–H and O–H groups in total. The van der Waals surface area contributed by atoms with E-state index in [-0.39, 0.29) is 5.82 Å². The average molecular weight is 323 g/mol. The molecule has 19 heavy (non-hydrogen) atoms. The first-order chi connectivity index (χ1) is 8.99. The smallest absolute Gasteiger partial charge is 0.137 e. The van der Waals surface area contributed by atoms with Gasteiger partial charge in [0, 0.05) is 0 Å². The highest BCUT2D eigenvalue weighted by atomic mass is 79.9. The summed E-state index contributed by atoms with van der Waals surface area (Å²) in [6.07, 6.45) is 0. The minimum Gasteiger partial charge on any atom is -0.488 e. The van der Waals surface area contributed by atoms with Crippen molar-refractivity contribution in [3.8, 4) is 5.75 Å². The molecule has 0 amide bonds. The van der Waals surface area contributed by atoms with E-state index in [4.69, 9.17) is 4.74 Å². The fourth-order valence-electron chi connectivity index (χ4n) is 1.93. The van der Waals surface area contributed by atoms with E-state index in [9.17, 15) is 4.39 Å². The number of aryl methyl sites for hydroxylation is 2. The van der Waals surface area contributed by atoms with Crippen molar-refractivity contribution in [2.24, 2.45) is 0 Å². The van der Waals surface area contributed by atoms with Crippen molar-refractivity contribution < 1.29 is 9.13 Å². The van der Waals surface area contributed by atoms with Gasteiger partial charge in [-0.3, -0.25) is 0 Å². The molecule has 0 unspecified atom stereocenters. The minimum absolute atomic E-state index is 0.258. The summed E-state index contributed by atoms with van der Waals surface area (Å²) in [5.74, 6) is 0.659. The topological polar surface area (TPSA) is 9.23 Å². The first-order valence-corrected chi connectivity index (χ1v) is 6.92. The van der Waals surface area contributed by atoms with Crippen LogP contribution in [-0.2, 0) is 6.61 Å². The third-order valence-electron chi connectivity index (χ3n) is 3.24. The largest absolute Gasteiger partial charge is 0.488 e. The van der Waals surface area contributed by atoms with Crippen LogP contribution in [-0.4, -0.2) is 0 Å². The molecule has 0 saturated carbocycles. The predicted molar refractivity (Wildman–Crippen MR) is 79.1 cm³/mol. The highest BCUT2D eigenvalue weighted by Crippen LogP contribution is 2.27. The van der Waals surface area contributed by atoms with E-state index in [1.54, 1.807) is 12.1 Å². The van der Waals surface area contributed by atoms with Crippen molar-refractivity contribution in [2.45, 2.75) is 27.4 Å². The summed E-state index contributed by atoms with van der Waals surface area (Å²) in [4.78, 5) is 0. The molecule has 0 spiro atoms. The zero-order chi connectivity index (χ0) is 14.0. The summed E-state index contributed by atoms with van der Waals surface area (Å²) >= 11 is 3.18. The molecule has 0 aromatic heterocycles. The zero-order valence-electron chi connectivity index (χ0n) is 11.3. The summed E-state index contributed by atoms with van der Waals surface area (Å²) in [6, 6.07) is 9.07. The Morgan fingerprint density at radius 3 is 2.42 bits per heavy atom. The first kappa shape index (κ1) is 14.1. The van der Waals surface area contributed by atoms with Gasteiger partial charge in [-0.1, -0.05) is 18.2 Å². The maximum absolute atomic E-state index is 13.2. The molecular formula is C16H16BrFO. The second-order valence-corrected chi connectivity index (χ2v) is 5.54. The molecule has 0 fully saturated rings. The second kappa shape index (κ2) is 5.74. The molecule has 2 rings (SSSR count). The first-order valence-electron chi connectivity index (χ1n) is 6.12. The van der Waals surface area contributed by atoms with E-state index in [0.29, 0.717) is 11.1 Å². The van der Waals surface area contributed by atoms with Gasteiger partial charge in [0.25, 0.3) is 0 Å². The Balaban J connectivity index is 2.19. The molecule has 0 bridgehead atoms. The third-order valence-corrected chi connectivity index (χ3v) is 3.85. The van der Waals surface area contributed by atoms with Crippen molar-refractivity contribution in [3.05, 3.63) is 62.9 Å². The van der Waals surface area contributed by atoms with Crippen molar-refractivity contribution in [1.82, 2.24) is 0 Å². The summed E-state index contributed by atoms with van der Waals surface area (Å²) in [7, 11) is 0. The van der Waals surface area contributed by atoms with Crippen LogP contribution in [0.2, 0.25) is 0 Å². The molecule has 0 aliphatic carbocycles. The standard InChI is InChI=1S/C16H16BrFO/c1-10-4-5-11(2)16(12(10)3)19-9-13-6-7-15(18)14(17)8-13/h4-8H,9H2,1-3H3. The third kappa shape index (κ3) is 3.16. The van der Waals surface area contributed by atoms with Crippen LogP contribution in [0.4, 0.5) is 4.39 Å². The van der Waals surface area contributed by atoms with Crippen LogP contribution in [0.5, 0.6) is 5.75 Å². The van der Waals surface area contributed by atoms with Gasteiger partial charge in [0.2, 0.25) is 0 Å². The Morgan fingerprint density at radius 1 is 1.05 bits per heavy atom. The van der Waals surface area contributed by atoms with Crippen molar-refractivity contribution >= 4 is 15.9 Å². The number of benzene rings is 2. The number of halogens is 2. The molecule has 0 saturated heterocycles. The number of hydrogen-bond donors (Lipinski definition) is 0. The van der Waals surface area contributed by atoms with Crippen LogP contribution >= 0.6 is 15.9 Å². The molecule has 0 aliphatic heterocycles. The zero-order valence-corrected chi connectivity index (χ0v) is 12.8. The van der Waals surface area contributed by atoms with Crippen LogP contribution in [0.3, 0.4) is 0 Å². The van der Waals surface area contributed by atoms with Crippen molar-refractivity contribution in [1.29, 1.82) is 0 Å². The predicted octanol–water partition coefficient (Wildman–Crippen LogP) is 5.09. The van der Waals surface area contributed by atoms with E-state index in [2.05, 4.69) is 41.9 Å². The molecule has 0 atom stereocenters. The Hall–Kier alpha value is -1.35. The monoisotopic (exact) mass is 322 g/mol. The Morgan fingerprint density at radius 2 is 1.74 bits per heavy atom. The van der Waals surface area contributed by atoms with Crippen molar-refractivity contribution in [3.63, 3.8) is 0 Å². The van der Waals surface area contributed by atoms with Gasteiger partial charge in [0.05, 0.1) is 4.47 Å². The van der Waals surface area contributed by atoms with E-state index in [1.807, 2.05) is 6.92 Å². The normalized spacial score (nSPS) is 10.6. The maximum atomic E-state index is 13.2. The van der Waals surface area contributed by atoms with Gasteiger partial charge < -0.3 is 4.74 Å². The number of rotatable bonds is 3. The average Bonchev–Trinajstić information content (AvgIpc) is 2.38. The lowest BCUT2D eigenvalue weighted by atomic mass is 10.1. The molecule has 1 nitrogen and oxygen atoms in total. The van der Waals surface area contributed by atoms with Crippen LogP contribution in [0, 0.1) is 26.6 Å². The molecule has 0 radical (unpaired) electrons. The van der Waals surface area contributed by atoms with Gasteiger partial charge in [-0.15, -0.1) is 0 Å². The summed E-state index contributed by atoms with van der Waals surface area (Å²) in [5.41, 5.74) is 4.42. The molecular weight excluding hydrogens is 307 g/mol. The fourth-order valence-corrected chi connectivity index (χ4v) is 2.36. The summed E-state index contributed by atoms with van der Waals surface area (Å²) < 4.78 is 19.5. The molecule has 0 heterocycles. The van der Waals surface area contributed by atoms with Gasteiger partial charge in [0.1, 0.15) is 18.2 Å². The van der Waals surface area contributed by atoms with E-state index in [0.717, 1.165) is 22.4 Å². The number of hydrogen-bond acceptors (Lipinski definition) is 1.